The van der Waals surface area contributed by atoms with Crippen LogP contribution in [0.3, 0.4) is 0 Å². The van der Waals surface area contributed by atoms with Crippen LogP contribution in [0.5, 0.6) is 0 Å². The van der Waals surface area contributed by atoms with E-state index < -0.39 is 11.8 Å². The lowest BCUT2D eigenvalue weighted by atomic mass is 10.3. The molecule has 7 heteroatoms. The van der Waals surface area contributed by atoms with E-state index >= 15 is 0 Å². The SMILES string of the molecule is Cc1cccnc1NC(=O)C(=O)N(CCO)CCO. The van der Waals surface area contributed by atoms with Crippen molar-refractivity contribution >= 4 is 17.6 Å². The molecule has 2 amide bonds. The summed E-state index contributed by atoms with van der Waals surface area (Å²) in [5, 5.41) is 20.0. The van der Waals surface area contributed by atoms with Crippen LogP contribution in [-0.2, 0) is 9.59 Å². The predicted molar refractivity (Wildman–Crippen MR) is 68.4 cm³/mol. The summed E-state index contributed by atoms with van der Waals surface area (Å²) in [6.45, 7) is 1.19. The number of hydrogen-bond donors (Lipinski definition) is 3. The summed E-state index contributed by atoms with van der Waals surface area (Å²) in [4.78, 5) is 28.6. The second-order valence-electron chi connectivity index (χ2n) is 3.86. The molecule has 1 rings (SSSR count). The fourth-order valence-corrected chi connectivity index (χ4v) is 1.48. The van der Waals surface area contributed by atoms with Crippen LogP contribution in [0.1, 0.15) is 5.56 Å². The molecule has 0 aromatic carbocycles. The highest BCUT2D eigenvalue weighted by molar-refractivity contribution is 6.39. The monoisotopic (exact) mass is 267 g/mol. The van der Waals surface area contributed by atoms with E-state index in [-0.39, 0.29) is 26.3 Å². The smallest absolute Gasteiger partial charge is 0.315 e. The Morgan fingerprint density at radius 1 is 1.32 bits per heavy atom. The number of aromatic nitrogens is 1. The molecule has 0 aliphatic carbocycles. The Kier molecular flexibility index (Phi) is 5.91. The molecule has 7 nitrogen and oxygen atoms in total. The number of rotatable bonds is 5. The summed E-state index contributed by atoms with van der Waals surface area (Å²) in [6, 6.07) is 3.48. The van der Waals surface area contributed by atoms with E-state index in [1.807, 2.05) is 0 Å². The molecule has 0 fully saturated rings. The molecule has 0 bridgehead atoms. The molecule has 19 heavy (non-hydrogen) atoms. The van der Waals surface area contributed by atoms with E-state index in [9.17, 15) is 9.59 Å². The van der Waals surface area contributed by atoms with Gasteiger partial charge >= 0.3 is 11.8 Å². The van der Waals surface area contributed by atoms with E-state index in [4.69, 9.17) is 10.2 Å². The second-order valence-corrected chi connectivity index (χ2v) is 3.86. The van der Waals surface area contributed by atoms with Gasteiger partial charge in [0, 0.05) is 19.3 Å². The molecular formula is C12H17N3O4. The molecule has 1 aromatic heterocycles. The van der Waals surface area contributed by atoms with Crippen molar-refractivity contribution in [1.82, 2.24) is 9.88 Å². The molecule has 104 valence electrons. The van der Waals surface area contributed by atoms with Gasteiger partial charge in [-0.3, -0.25) is 9.59 Å². The lowest BCUT2D eigenvalue weighted by molar-refractivity contribution is -0.143. The van der Waals surface area contributed by atoms with Crippen LogP contribution in [0.4, 0.5) is 5.82 Å². The Morgan fingerprint density at radius 2 is 1.95 bits per heavy atom. The van der Waals surface area contributed by atoms with Gasteiger partial charge < -0.3 is 20.4 Å². The first-order valence-corrected chi connectivity index (χ1v) is 5.83. The highest BCUT2D eigenvalue weighted by Crippen LogP contribution is 2.09. The zero-order valence-corrected chi connectivity index (χ0v) is 10.7. The van der Waals surface area contributed by atoms with Crippen molar-refractivity contribution < 1.29 is 19.8 Å². The Hall–Kier alpha value is -1.99. The Morgan fingerprint density at radius 3 is 2.47 bits per heavy atom. The van der Waals surface area contributed by atoms with Crippen molar-refractivity contribution in [2.45, 2.75) is 6.92 Å². The molecule has 1 heterocycles. The third-order valence-corrected chi connectivity index (χ3v) is 2.46. The topological polar surface area (TPSA) is 103 Å². The lowest BCUT2D eigenvalue weighted by Gasteiger charge is -2.19. The number of nitrogens with zero attached hydrogens (tertiary/aromatic N) is 2. The van der Waals surface area contributed by atoms with Gasteiger partial charge in [0.15, 0.2) is 0 Å². The maximum atomic E-state index is 11.8. The first kappa shape index (κ1) is 15.1. The van der Waals surface area contributed by atoms with E-state index in [1.165, 1.54) is 6.20 Å². The number of aliphatic hydroxyl groups is 2. The van der Waals surface area contributed by atoms with Crippen LogP contribution in [-0.4, -0.2) is 58.2 Å². The van der Waals surface area contributed by atoms with Crippen LogP contribution in [0.15, 0.2) is 18.3 Å². The Balaban J connectivity index is 2.71. The fraction of sp³-hybridized carbons (Fsp3) is 0.417. The molecule has 1 aromatic rings. The summed E-state index contributed by atoms with van der Waals surface area (Å²) in [5.41, 5.74) is 0.736. The summed E-state index contributed by atoms with van der Waals surface area (Å²) in [7, 11) is 0. The van der Waals surface area contributed by atoms with Crippen molar-refractivity contribution in [2.24, 2.45) is 0 Å². The van der Waals surface area contributed by atoms with Gasteiger partial charge in [0.2, 0.25) is 0 Å². The van der Waals surface area contributed by atoms with E-state index in [0.29, 0.717) is 5.82 Å². The van der Waals surface area contributed by atoms with E-state index in [1.54, 1.807) is 19.1 Å². The van der Waals surface area contributed by atoms with Crippen molar-refractivity contribution in [3.05, 3.63) is 23.9 Å². The molecule has 0 aliphatic heterocycles. The predicted octanol–water partition coefficient (Wildman–Crippen LogP) is -0.858. The van der Waals surface area contributed by atoms with Gasteiger partial charge in [0.25, 0.3) is 0 Å². The van der Waals surface area contributed by atoms with E-state index in [0.717, 1.165) is 10.5 Å². The molecule has 0 spiro atoms. The summed E-state index contributed by atoms with van der Waals surface area (Å²) < 4.78 is 0. The summed E-state index contributed by atoms with van der Waals surface area (Å²) in [6.07, 6.45) is 1.51. The van der Waals surface area contributed by atoms with Crippen LogP contribution in [0.25, 0.3) is 0 Å². The second kappa shape index (κ2) is 7.45. The minimum atomic E-state index is -0.844. The standard InChI is InChI=1S/C12H17N3O4/c1-9-3-2-4-13-10(9)14-11(18)12(19)15(5-7-16)6-8-17/h2-4,16-17H,5-8H2,1H3,(H,13,14,18). The number of nitrogens with one attached hydrogen (secondary N) is 1. The number of hydrogen-bond acceptors (Lipinski definition) is 5. The average Bonchev–Trinajstić information content (AvgIpc) is 2.40. The summed E-state index contributed by atoms with van der Waals surface area (Å²) >= 11 is 0. The van der Waals surface area contributed by atoms with Crippen LogP contribution in [0.2, 0.25) is 0 Å². The highest BCUT2D eigenvalue weighted by atomic mass is 16.3. The maximum Gasteiger partial charge on any atom is 0.315 e. The largest absolute Gasteiger partial charge is 0.395 e. The van der Waals surface area contributed by atoms with Crippen LogP contribution < -0.4 is 5.32 Å². The zero-order valence-electron chi connectivity index (χ0n) is 10.7. The molecular weight excluding hydrogens is 250 g/mol. The van der Waals surface area contributed by atoms with Gasteiger partial charge in [-0.25, -0.2) is 4.98 Å². The number of pyridine rings is 1. The number of aliphatic hydroxyl groups excluding tert-OH is 2. The molecule has 0 saturated heterocycles. The molecule has 3 N–H and O–H groups in total. The van der Waals surface area contributed by atoms with Crippen molar-refractivity contribution in [3.8, 4) is 0 Å². The minimum absolute atomic E-state index is 0.00594. The first-order chi connectivity index (χ1) is 9.10. The summed E-state index contributed by atoms with van der Waals surface area (Å²) in [5.74, 6) is -1.34. The third kappa shape index (κ3) is 4.31. The number of carbonyl (C=O) groups is 2. The first-order valence-electron chi connectivity index (χ1n) is 5.83. The van der Waals surface area contributed by atoms with Crippen molar-refractivity contribution in [1.29, 1.82) is 0 Å². The normalized spacial score (nSPS) is 10.1. The Labute approximate surface area is 110 Å². The van der Waals surface area contributed by atoms with Gasteiger partial charge in [0.05, 0.1) is 13.2 Å². The Bertz CT molecular complexity index is 444. The van der Waals surface area contributed by atoms with Gasteiger partial charge in [-0.2, -0.15) is 0 Å². The van der Waals surface area contributed by atoms with Gasteiger partial charge in [-0.1, -0.05) is 6.07 Å². The van der Waals surface area contributed by atoms with Crippen molar-refractivity contribution in [2.75, 3.05) is 31.6 Å². The quantitative estimate of drug-likeness (QED) is 0.602. The maximum absolute atomic E-state index is 11.8. The third-order valence-electron chi connectivity index (χ3n) is 2.46. The van der Waals surface area contributed by atoms with Crippen molar-refractivity contribution in [3.63, 3.8) is 0 Å². The zero-order chi connectivity index (χ0) is 14.3. The number of amides is 2. The van der Waals surface area contributed by atoms with Gasteiger partial charge in [0.1, 0.15) is 5.82 Å². The fourth-order valence-electron chi connectivity index (χ4n) is 1.48. The molecule has 0 atom stereocenters. The molecule has 0 unspecified atom stereocenters. The van der Waals surface area contributed by atoms with Gasteiger partial charge in [-0.05, 0) is 18.6 Å². The molecule has 0 aliphatic rings. The highest BCUT2D eigenvalue weighted by Gasteiger charge is 2.21. The van der Waals surface area contributed by atoms with Gasteiger partial charge in [-0.15, -0.1) is 0 Å². The molecule has 0 saturated carbocycles. The molecule has 0 radical (unpaired) electrons. The number of aryl methyl sites for hydroxylation is 1. The number of anilines is 1. The minimum Gasteiger partial charge on any atom is -0.395 e. The lowest BCUT2D eigenvalue weighted by Crippen LogP contribution is -2.42. The number of carbonyl (C=O) groups excluding carboxylic acids is 2. The van der Waals surface area contributed by atoms with Crippen LogP contribution in [0, 0.1) is 6.92 Å². The van der Waals surface area contributed by atoms with Crippen LogP contribution >= 0.6 is 0 Å². The average molecular weight is 267 g/mol. The van der Waals surface area contributed by atoms with E-state index in [2.05, 4.69) is 10.3 Å².